The molecule has 0 fully saturated rings. The first-order valence-electron chi connectivity index (χ1n) is 16.0. The molecule has 0 unspecified atom stereocenters. The molecule has 10 aromatic rings. The van der Waals surface area contributed by atoms with Gasteiger partial charge in [-0.1, -0.05) is 72.8 Å². The molecule has 0 atom stereocenters. The Morgan fingerprint density at radius 3 is 1.33 bits per heavy atom. The monoisotopic (exact) mass is 855 g/mol. The van der Waals surface area contributed by atoms with E-state index in [2.05, 4.69) is 66.8 Å². The topological polar surface area (TPSA) is 124 Å². The number of hydrogen-bond donors (Lipinski definition) is 1. The number of carbonyl (C=O) groups is 1. The van der Waals surface area contributed by atoms with Crippen molar-refractivity contribution < 1.29 is 30.0 Å². The number of hydrogen-bond acceptors (Lipinski definition) is 7. The number of aromatic nitrogens is 8. The maximum Gasteiger partial charge on any atom is 0.356 e. The van der Waals surface area contributed by atoms with E-state index < -0.39 is 5.97 Å². The minimum absolute atomic E-state index is 0. The third-order valence-corrected chi connectivity index (χ3v) is 8.04. The zero-order chi connectivity index (χ0) is 34.6. The summed E-state index contributed by atoms with van der Waals surface area (Å²) < 4.78 is 0. The predicted molar refractivity (Wildman–Crippen MR) is 197 cm³/mol. The normalized spacial score (nSPS) is 10.7. The molecular formula is C41H26IrN8O2-2. The average Bonchev–Trinajstić information content (AvgIpc) is 3.83. The number of para-hydroxylation sites is 2. The molecule has 253 valence electrons. The van der Waals surface area contributed by atoms with Crippen LogP contribution in [0.25, 0.3) is 66.0 Å². The second-order valence-corrected chi connectivity index (χ2v) is 11.3. The van der Waals surface area contributed by atoms with Crippen LogP contribution in [0.1, 0.15) is 10.5 Å². The van der Waals surface area contributed by atoms with Crippen molar-refractivity contribution in [2.75, 3.05) is 0 Å². The number of benzene rings is 7. The summed E-state index contributed by atoms with van der Waals surface area (Å²) in [6.07, 6.45) is 1.25. The van der Waals surface area contributed by atoms with Crippen molar-refractivity contribution in [3.8, 4) is 11.4 Å². The fraction of sp³-hybridized carbons (Fsp3) is 0. The van der Waals surface area contributed by atoms with Gasteiger partial charge in [0.2, 0.25) is 0 Å². The van der Waals surface area contributed by atoms with Crippen molar-refractivity contribution in [1.29, 1.82) is 0 Å². The van der Waals surface area contributed by atoms with Gasteiger partial charge in [-0.25, -0.2) is 9.78 Å². The van der Waals surface area contributed by atoms with Crippen LogP contribution in [-0.4, -0.2) is 51.0 Å². The molecule has 0 amide bonds. The summed E-state index contributed by atoms with van der Waals surface area (Å²) in [5.41, 5.74) is 6.61. The van der Waals surface area contributed by atoms with Gasteiger partial charge in [-0.15, -0.1) is 33.7 Å². The maximum atomic E-state index is 10.5. The van der Waals surface area contributed by atoms with Crippen LogP contribution < -0.4 is 0 Å². The van der Waals surface area contributed by atoms with Crippen LogP contribution in [0.2, 0.25) is 0 Å². The van der Waals surface area contributed by atoms with E-state index in [1.165, 1.54) is 6.20 Å². The van der Waals surface area contributed by atoms with Crippen molar-refractivity contribution in [1.82, 2.24) is 40.0 Å². The van der Waals surface area contributed by atoms with Gasteiger partial charge in [0.05, 0.1) is 17.2 Å². The van der Waals surface area contributed by atoms with E-state index in [1.807, 2.05) is 103 Å². The summed E-state index contributed by atoms with van der Waals surface area (Å²) in [7, 11) is 0. The summed E-state index contributed by atoms with van der Waals surface area (Å²) in [5.74, 6) is -1.06. The number of rotatable bonds is 3. The van der Waals surface area contributed by atoms with Gasteiger partial charge in [0, 0.05) is 20.1 Å². The van der Waals surface area contributed by atoms with Crippen LogP contribution in [0.5, 0.6) is 0 Å². The van der Waals surface area contributed by atoms with Crippen molar-refractivity contribution in [3.05, 3.63) is 170 Å². The molecule has 1 N–H and O–H groups in total. The fourth-order valence-electron chi connectivity index (χ4n) is 5.60. The summed E-state index contributed by atoms with van der Waals surface area (Å²) >= 11 is 0. The minimum Gasteiger partial charge on any atom is -0.476 e. The second kappa shape index (κ2) is 15.1. The SMILES string of the molecule is O=C(O)c1cnc2ccccc2n1.[Ir].[c-]1ccc2ccccc2c1-n1nc2ccccc2n1.[c-]1ccc2ccccc2c1-n1nc2ccccc2n1. The minimum atomic E-state index is -1.06. The van der Waals surface area contributed by atoms with Gasteiger partial charge in [0.1, 0.15) is 22.1 Å². The Hall–Kier alpha value is -6.68. The summed E-state index contributed by atoms with van der Waals surface area (Å²) in [6, 6.07) is 53.6. The molecule has 3 aromatic heterocycles. The van der Waals surface area contributed by atoms with Crippen molar-refractivity contribution in [2.24, 2.45) is 0 Å². The first-order valence-corrected chi connectivity index (χ1v) is 16.0. The van der Waals surface area contributed by atoms with Crippen LogP contribution in [0, 0.1) is 12.1 Å². The molecule has 0 spiro atoms. The van der Waals surface area contributed by atoms with Gasteiger partial charge < -0.3 is 5.11 Å². The largest absolute Gasteiger partial charge is 0.476 e. The number of nitrogens with zero attached hydrogens (tertiary/aromatic N) is 8. The van der Waals surface area contributed by atoms with Gasteiger partial charge in [-0.3, -0.25) is 4.98 Å². The maximum absolute atomic E-state index is 10.5. The number of carboxylic acids is 1. The molecule has 1 radical (unpaired) electrons. The van der Waals surface area contributed by atoms with E-state index in [0.717, 1.165) is 55.0 Å². The van der Waals surface area contributed by atoms with Crippen LogP contribution in [0.4, 0.5) is 0 Å². The molecule has 11 heteroatoms. The Balaban J connectivity index is 0.000000123. The second-order valence-electron chi connectivity index (χ2n) is 11.3. The van der Waals surface area contributed by atoms with E-state index in [9.17, 15) is 4.79 Å². The van der Waals surface area contributed by atoms with E-state index in [1.54, 1.807) is 27.8 Å². The molecule has 0 bridgehead atoms. The van der Waals surface area contributed by atoms with Crippen LogP contribution in [0.15, 0.2) is 152 Å². The third kappa shape index (κ3) is 6.99. The molecule has 0 aliphatic rings. The standard InChI is InChI=1S/2C16H10N3.C9H6N2O2.Ir/c2*1-2-8-13-12(6-1)7-5-11-16(13)19-17-14-9-3-4-10-15(14)18-19;12-9(13)8-5-10-6-3-1-2-4-7(6)11-8;/h2*1-10H;1-5H,(H,12,13);/q2*-1;;. The molecule has 0 saturated carbocycles. The zero-order valence-electron chi connectivity index (χ0n) is 27.2. The predicted octanol–water partition coefficient (Wildman–Crippen LogP) is 8.07. The smallest absolute Gasteiger partial charge is 0.356 e. The Kier molecular flexibility index (Phi) is 9.79. The van der Waals surface area contributed by atoms with Crippen molar-refractivity contribution in [3.63, 3.8) is 0 Å². The first-order chi connectivity index (χ1) is 25.1. The average molecular weight is 855 g/mol. The number of fused-ring (bicyclic) bond motifs is 5. The van der Waals surface area contributed by atoms with Gasteiger partial charge in [0.15, 0.2) is 5.69 Å². The van der Waals surface area contributed by atoms with E-state index in [-0.39, 0.29) is 25.8 Å². The van der Waals surface area contributed by atoms with Gasteiger partial charge >= 0.3 is 5.97 Å². The summed E-state index contributed by atoms with van der Waals surface area (Å²) in [6.45, 7) is 0. The zero-order valence-corrected chi connectivity index (χ0v) is 29.6. The molecule has 10 rings (SSSR count). The summed E-state index contributed by atoms with van der Waals surface area (Å²) in [5, 5.41) is 31.2. The Labute approximate surface area is 310 Å². The van der Waals surface area contributed by atoms with Crippen LogP contribution in [0.3, 0.4) is 0 Å². The molecule has 0 aliphatic carbocycles. The molecule has 3 heterocycles. The van der Waals surface area contributed by atoms with Gasteiger partial charge in [0.25, 0.3) is 0 Å². The molecule has 0 aliphatic heterocycles. The quantitative estimate of drug-likeness (QED) is 0.177. The number of carboxylic acid groups (broad SMARTS) is 1. The van der Waals surface area contributed by atoms with E-state index >= 15 is 0 Å². The fourth-order valence-corrected chi connectivity index (χ4v) is 5.60. The number of aromatic carboxylic acids is 1. The van der Waals surface area contributed by atoms with Gasteiger partial charge in [-0.2, -0.15) is 66.4 Å². The van der Waals surface area contributed by atoms with Crippen LogP contribution in [-0.2, 0) is 20.1 Å². The Morgan fingerprint density at radius 1 is 0.500 bits per heavy atom. The van der Waals surface area contributed by atoms with E-state index in [4.69, 9.17) is 5.11 Å². The third-order valence-electron chi connectivity index (χ3n) is 8.04. The van der Waals surface area contributed by atoms with Crippen LogP contribution >= 0.6 is 0 Å². The Bertz CT molecular complexity index is 2610. The first kappa shape index (κ1) is 33.8. The summed E-state index contributed by atoms with van der Waals surface area (Å²) in [4.78, 5) is 21.7. The van der Waals surface area contributed by atoms with Crippen molar-refractivity contribution >= 4 is 60.6 Å². The molecule has 10 nitrogen and oxygen atoms in total. The molecule has 7 aromatic carbocycles. The molecule has 0 saturated heterocycles. The Morgan fingerprint density at radius 2 is 0.885 bits per heavy atom. The molecular weight excluding hydrogens is 829 g/mol. The van der Waals surface area contributed by atoms with Crippen molar-refractivity contribution in [2.45, 2.75) is 0 Å². The van der Waals surface area contributed by atoms with E-state index in [0.29, 0.717) is 11.0 Å². The molecule has 52 heavy (non-hydrogen) atoms. The van der Waals surface area contributed by atoms with Gasteiger partial charge in [-0.05, 0) is 47.8 Å².